The molecule has 0 aromatic heterocycles. The molecule has 2 aliphatic rings. The molecule has 0 bridgehead atoms. The summed E-state index contributed by atoms with van der Waals surface area (Å²) >= 11 is 6.18. The van der Waals surface area contributed by atoms with E-state index in [1.54, 1.807) is 0 Å². The normalized spacial score (nSPS) is 19.9. The number of halogens is 1. The van der Waals surface area contributed by atoms with Crippen molar-refractivity contribution >= 4 is 23.2 Å². The summed E-state index contributed by atoms with van der Waals surface area (Å²) in [6.45, 7) is 0.845. The highest BCUT2D eigenvalue weighted by atomic mass is 35.5. The molecular formula is C17H16ClN3. The van der Waals surface area contributed by atoms with E-state index in [0.29, 0.717) is 5.96 Å². The molecule has 21 heavy (non-hydrogen) atoms. The van der Waals surface area contributed by atoms with Crippen molar-refractivity contribution in [1.29, 1.82) is 5.41 Å². The molecule has 106 valence electrons. The summed E-state index contributed by atoms with van der Waals surface area (Å²) in [6.07, 6.45) is 0.871. The maximum absolute atomic E-state index is 8.42. The van der Waals surface area contributed by atoms with Crippen LogP contribution in [-0.2, 0) is 6.42 Å². The van der Waals surface area contributed by atoms with Gasteiger partial charge < -0.3 is 9.80 Å². The quantitative estimate of drug-likeness (QED) is 0.804. The minimum absolute atomic E-state index is 0.209. The molecule has 0 saturated carbocycles. The summed E-state index contributed by atoms with van der Waals surface area (Å²) in [4.78, 5) is 4.14. The van der Waals surface area contributed by atoms with Gasteiger partial charge in [0.15, 0.2) is 5.96 Å². The number of hydrogen-bond donors (Lipinski definition) is 1. The van der Waals surface area contributed by atoms with E-state index in [2.05, 4.69) is 29.2 Å². The van der Waals surface area contributed by atoms with Crippen LogP contribution in [0.15, 0.2) is 42.5 Å². The van der Waals surface area contributed by atoms with Crippen molar-refractivity contribution in [1.82, 2.24) is 4.90 Å². The molecule has 1 fully saturated rings. The van der Waals surface area contributed by atoms with E-state index in [0.717, 1.165) is 23.7 Å². The molecule has 4 rings (SSSR count). The van der Waals surface area contributed by atoms with Gasteiger partial charge in [-0.25, -0.2) is 0 Å². The number of rotatable bonds is 0. The Morgan fingerprint density at radius 2 is 1.95 bits per heavy atom. The third-order valence-electron chi connectivity index (χ3n) is 4.44. The Morgan fingerprint density at radius 3 is 2.81 bits per heavy atom. The van der Waals surface area contributed by atoms with Crippen LogP contribution in [0.25, 0.3) is 0 Å². The van der Waals surface area contributed by atoms with Gasteiger partial charge in [-0.3, -0.25) is 5.41 Å². The number of likely N-dealkylation sites (N-methyl/N-ethyl adjacent to an activating group) is 1. The molecule has 0 aliphatic carbocycles. The molecule has 3 nitrogen and oxygen atoms in total. The molecule has 1 unspecified atom stereocenters. The average molecular weight is 298 g/mol. The molecule has 1 N–H and O–H groups in total. The minimum atomic E-state index is 0.209. The molecule has 1 atom stereocenters. The van der Waals surface area contributed by atoms with Crippen LogP contribution in [-0.4, -0.2) is 24.5 Å². The van der Waals surface area contributed by atoms with Gasteiger partial charge in [0.05, 0.1) is 6.04 Å². The van der Waals surface area contributed by atoms with Crippen molar-refractivity contribution in [3.05, 3.63) is 64.2 Å². The van der Waals surface area contributed by atoms with Crippen molar-refractivity contribution in [2.45, 2.75) is 12.5 Å². The highest BCUT2D eigenvalue weighted by molar-refractivity contribution is 6.30. The van der Waals surface area contributed by atoms with Gasteiger partial charge in [-0.1, -0.05) is 35.9 Å². The number of anilines is 1. The fourth-order valence-electron chi connectivity index (χ4n) is 3.43. The first kappa shape index (κ1) is 12.7. The van der Waals surface area contributed by atoms with Crippen LogP contribution in [0.5, 0.6) is 0 Å². The van der Waals surface area contributed by atoms with Crippen molar-refractivity contribution in [2.24, 2.45) is 0 Å². The number of hydrogen-bond acceptors (Lipinski definition) is 1. The summed E-state index contributed by atoms with van der Waals surface area (Å²) in [5.74, 6) is 0.556. The Kier molecular flexibility index (Phi) is 2.73. The van der Waals surface area contributed by atoms with E-state index in [1.165, 1.54) is 16.7 Å². The van der Waals surface area contributed by atoms with Gasteiger partial charge >= 0.3 is 0 Å². The lowest BCUT2D eigenvalue weighted by Crippen LogP contribution is -2.31. The number of nitrogens with zero attached hydrogens (tertiary/aromatic N) is 2. The van der Waals surface area contributed by atoms with Gasteiger partial charge in [0, 0.05) is 24.3 Å². The molecule has 1 saturated heterocycles. The fraction of sp³-hybridized carbons (Fsp3) is 0.235. The predicted molar refractivity (Wildman–Crippen MR) is 86.3 cm³/mol. The minimum Gasteiger partial charge on any atom is -0.343 e. The third kappa shape index (κ3) is 1.84. The first-order chi connectivity index (χ1) is 10.1. The third-order valence-corrected chi connectivity index (χ3v) is 4.68. The summed E-state index contributed by atoms with van der Waals surface area (Å²) < 4.78 is 0. The van der Waals surface area contributed by atoms with Crippen molar-refractivity contribution < 1.29 is 0 Å². The second kappa shape index (κ2) is 4.50. The molecule has 2 aromatic carbocycles. The van der Waals surface area contributed by atoms with Crippen LogP contribution in [0, 0.1) is 5.41 Å². The smallest absolute Gasteiger partial charge is 0.198 e. The SMILES string of the molecule is CN1CC2c3ccccc3Cc3cc(Cl)ccc3N2C1=N. The van der Waals surface area contributed by atoms with E-state index in [-0.39, 0.29) is 6.04 Å². The van der Waals surface area contributed by atoms with E-state index in [4.69, 9.17) is 17.0 Å². The number of nitrogens with one attached hydrogen (secondary N) is 1. The van der Waals surface area contributed by atoms with Crippen LogP contribution >= 0.6 is 11.6 Å². The average Bonchev–Trinajstić information content (AvgIpc) is 2.69. The van der Waals surface area contributed by atoms with Crippen molar-refractivity contribution in [3.63, 3.8) is 0 Å². The Morgan fingerprint density at radius 1 is 1.14 bits per heavy atom. The maximum atomic E-state index is 8.42. The van der Waals surface area contributed by atoms with Gasteiger partial charge in [-0.15, -0.1) is 0 Å². The molecular weight excluding hydrogens is 282 g/mol. The van der Waals surface area contributed by atoms with Crippen LogP contribution in [0.2, 0.25) is 5.02 Å². The Hall–Kier alpha value is -2.00. The zero-order chi connectivity index (χ0) is 14.6. The standard InChI is InChI=1S/C17H16ClN3/c1-20-10-16-14-5-3-2-4-11(14)8-12-9-13(18)6-7-15(12)21(16)17(20)19/h2-7,9,16,19H,8,10H2,1H3. The monoisotopic (exact) mass is 297 g/mol. The van der Waals surface area contributed by atoms with Crippen molar-refractivity contribution in [3.8, 4) is 0 Å². The highest BCUT2D eigenvalue weighted by Gasteiger charge is 2.38. The number of benzene rings is 2. The Balaban J connectivity index is 1.98. The van der Waals surface area contributed by atoms with Gasteiger partial charge in [0.25, 0.3) is 0 Å². The maximum Gasteiger partial charge on any atom is 0.198 e. The summed E-state index contributed by atoms with van der Waals surface area (Å²) in [6, 6.07) is 14.7. The Labute approximate surface area is 129 Å². The molecule has 0 amide bonds. The zero-order valence-electron chi connectivity index (χ0n) is 11.8. The summed E-state index contributed by atoms with van der Waals surface area (Å²) in [5, 5.41) is 9.17. The Bertz CT molecular complexity index is 741. The van der Waals surface area contributed by atoms with E-state index >= 15 is 0 Å². The molecule has 2 aliphatic heterocycles. The summed E-state index contributed by atoms with van der Waals surface area (Å²) in [5.41, 5.74) is 4.95. The predicted octanol–water partition coefficient (Wildman–Crippen LogP) is 3.67. The molecule has 2 aromatic rings. The lowest BCUT2D eigenvalue weighted by Gasteiger charge is -2.25. The number of guanidine groups is 1. The first-order valence-electron chi connectivity index (χ1n) is 7.10. The van der Waals surface area contributed by atoms with Gasteiger partial charge in [0.1, 0.15) is 0 Å². The van der Waals surface area contributed by atoms with Crippen LogP contribution in [0.4, 0.5) is 5.69 Å². The van der Waals surface area contributed by atoms with Crippen LogP contribution in [0.1, 0.15) is 22.7 Å². The fourth-order valence-corrected chi connectivity index (χ4v) is 3.63. The lowest BCUT2D eigenvalue weighted by molar-refractivity contribution is 0.518. The molecule has 4 heteroatoms. The van der Waals surface area contributed by atoms with Gasteiger partial charge in [-0.05, 0) is 41.3 Å². The van der Waals surface area contributed by atoms with Crippen molar-refractivity contribution in [2.75, 3.05) is 18.5 Å². The second-order valence-electron chi connectivity index (χ2n) is 5.74. The zero-order valence-corrected chi connectivity index (χ0v) is 12.6. The molecule has 0 radical (unpaired) electrons. The number of fused-ring (bicyclic) bond motifs is 5. The van der Waals surface area contributed by atoms with Gasteiger partial charge in [0.2, 0.25) is 0 Å². The van der Waals surface area contributed by atoms with Crippen LogP contribution in [0.3, 0.4) is 0 Å². The highest BCUT2D eigenvalue weighted by Crippen LogP contribution is 2.41. The summed E-state index contributed by atoms with van der Waals surface area (Å²) in [7, 11) is 1.98. The lowest BCUT2D eigenvalue weighted by atomic mass is 9.97. The first-order valence-corrected chi connectivity index (χ1v) is 7.48. The largest absolute Gasteiger partial charge is 0.343 e. The second-order valence-corrected chi connectivity index (χ2v) is 6.17. The topological polar surface area (TPSA) is 30.3 Å². The molecule has 2 heterocycles. The van der Waals surface area contributed by atoms with Gasteiger partial charge in [-0.2, -0.15) is 0 Å². The van der Waals surface area contributed by atoms with E-state index in [1.807, 2.05) is 30.1 Å². The van der Waals surface area contributed by atoms with E-state index in [9.17, 15) is 0 Å². The molecule has 0 spiro atoms. The van der Waals surface area contributed by atoms with E-state index < -0.39 is 0 Å². The van der Waals surface area contributed by atoms with Crippen LogP contribution < -0.4 is 4.90 Å².